The number of fused-ring (bicyclic) bond motifs is 1. The maximum absolute atomic E-state index is 13.2. The van der Waals surface area contributed by atoms with E-state index < -0.39 is 0 Å². The van der Waals surface area contributed by atoms with Crippen LogP contribution in [-0.4, -0.2) is 38.5 Å². The van der Waals surface area contributed by atoms with E-state index in [1.807, 2.05) is 62.3 Å². The van der Waals surface area contributed by atoms with Crippen LogP contribution in [0.1, 0.15) is 24.4 Å². The summed E-state index contributed by atoms with van der Waals surface area (Å²) in [5.41, 5.74) is 4.55. The molecule has 1 aliphatic rings. The molecule has 1 atom stereocenters. The van der Waals surface area contributed by atoms with Crippen molar-refractivity contribution in [3.05, 3.63) is 66.6 Å². The van der Waals surface area contributed by atoms with E-state index in [1.54, 1.807) is 28.9 Å². The number of amides is 2. The fourth-order valence-electron chi connectivity index (χ4n) is 3.97. The zero-order valence-corrected chi connectivity index (χ0v) is 17.6. The smallest absolute Gasteiger partial charge is 0.294 e. The quantitative estimate of drug-likeness (QED) is 0.650. The lowest BCUT2D eigenvalue weighted by Gasteiger charge is -2.40. The lowest BCUT2D eigenvalue weighted by Crippen LogP contribution is -2.51. The van der Waals surface area contributed by atoms with Gasteiger partial charge in [0.25, 0.3) is 5.91 Å². The molecule has 2 heterocycles. The number of carbonyl (C=O) groups is 2. The summed E-state index contributed by atoms with van der Waals surface area (Å²) in [5, 5.41) is 0. The number of anilines is 3. The predicted molar refractivity (Wildman–Crippen MR) is 119 cm³/mol. The molecule has 0 fully saturated rings. The average molecular weight is 403 g/mol. The Balaban J connectivity index is 1.84. The average Bonchev–Trinajstić information content (AvgIpc) is 3.27. The van der Waals surface area contributed by atoms with E-state index in [0.717, 1.165) is 22.5 Å². The van der Waals surface area contributed by atoms with Crippen molar-refractivity contribution in [1.82, 2.24) is 0 Å². The number of benzene rings is 2. The van der Waals surface area contributed by atoms with E-state index in [-0.39, 0.29) is 23.6 Å². The van der Waals surface area contributed by atoms with Crippen molar-refractivity contribution in [1.29, 1.82) is 0 Å². The third-order valence-corrected chi connectivity index (χ3v) is 5.43. The molecule has 0 saturated heterocycles. The third kappa shape index (κ3) is 3.45. The minimum Gasteiger partial charge on any atom is -0.459 e. The van der Waals surface area contributed by atoms with Gasteiger partial charge in [0, 0.05) is 33.3 Å². The van der Waals surface area contributed by atoms with E-state index in [1.165, 1.54) is 6.26 Å². The molecule has 1 unspecified atom stereocenters. The first-order chi connectivity index (χ1) is 14.4. The summed E-state index contributed by atoms with van der Waals surface area (Å²) in [4.78, 5) is 31.0. The maximum Gasteiger partial charge on any atom is 0.294 e. The summed E-state index contributed by atoms with van der Waals surface area (Å²) in [7, 11) is 4.00. The summed E-state index contributed by atoms with van der Waals surface area (Å²) < 4.78 is 5.35. The summed E-state index contributed by atoms with van der Waals surface area (Å²) in [6.07, 6.45) is 1.49. The van der Waals surface area contributed by atoms with Gasteiger partial charge in [-0.25, -0.2) is 0 Å². The first-order valence-electron chi connectivity index (χ1n) is 9.94. The number of carbonyl (C=O) groups excluding carboxylic acids is 2. The molecule has 30 heavy (non-hydrogen) atoms. The predicted octanol–water partition coefficient (Wildman–Crippen LogP) is 4.41. The zero-order valence-electron chi connectivity index (χ0n) is 17.6. The van der Waals surface area contributed by atoms with Gasteiger partial charge >= 0.3 is 0 Å². The Morgan fingerprint density at radius 2 is 1.77 bits per heavy atom. The van der Waals surface area contributed by atoms with Crippen molar-refractivity contribution in [3.63, 3.8) is 0 Å². The molecule has 1 aromatic heterocycles. The van der Waals surface area contributed by atoms with Gasteiger partial charge in [0.1, 0.15) is 0 Å². The van der Waals surface area contributed by atoms with E-state index in [9.17, 15) is 9.59 Å². The molecule has 154 valence electrons. The standard InChI is InChI=1S/C24H25N3O3/c1-16-15-26(24(29)23-9-6-12-30-23)22-14-19(10-11-21(22)27(16)17(2)28)18-7-5-8-20(13-18)25(3)4/h5-14,16H,15H2,1-4H3. The van der Waals surface area contributed by atoms with E-state index in [2.05, 4.69) is 6.07 Å². The van der Waals surface area contributed by atoms with Crippen molar-refractivity contribution in [2.45, 2.75) is 19.9 Å². The Labute approximate surface area is 176 Å². The first-order valence-corrected chi connectivity index (χ1v) is 9.94. The van der Waals surface area contributed by atoms with Gasteiger partial charge in [-0.3, -0.25) is 9.59 Å². The minimum atomic E-state index is -0.213. The Bertz CT molecular complexity index is 1090. The Kier molecular flexibility index (Phi) is 5.08. The number of nitrogens with zero attached hydrogens (tertiary/aromatic N) is 3. The van der Waals surface area contributed by atoms with Crippen LogP contribution in [0.15, 0.2) is 65.3 Å². The first kappa shape index (κ1) is 19.8. The summed E-state index contributed by atoms with van der Waals surface area (Å²) in [6, 6.07) is 17.3. The Morgan fingerprint density at radius 1 is 1.00 bits per heavy atom. The van der Waals surface area contributed by atoms with Crippen LogP contribution in [-0.2, 0) is 4.79 Å². The molecule has 0 radical (unpaired) electrons. The molecule has 0 aliphatic carbocycles. The van der Waals surface area contributed by atoms with Gasteiger partial charge in [0.2, 0.25) is 5.91 Å². The van der Waals surface area contributed by atoms with Gasteiger partial charge in [0.15, 0.2) is 5.76 Å². The molecule has 0 saturated carbocycles. The van der Waals surface area contributed by atoms with Crippen LogP contribution in [0.3, 0.4) is 0 Å². The van der Waals surface area contributed by atoms with Crippen LogP contribution in [0.4, 0.5) is 17.1 Å². The fourth-order valence-corrected chi connectivity index (χ4v) is 3.97. The fraction of sp³-hybridized carbons (Fsp3) is 0.250. The molecule has 3 aromatic rings. The summed E-state index contributed by atoms with van der Waals surface area (Å²) >= 11 is 0. The normalized spacial score (nSPS) is 15.7. The molecule has 1 aliphatic heterocycles. The zero-order chi connectivity index (χ0) is 21.4. The van der Waals surface area contributed by atoms with Crippen LogP contribution < -0.4 is 14.7 Å². The lowest BCUT2D eigenvalue weighted by atomic mass is 10.00. The van der Waals surface area contributed by atoms with E-state index in [4.69, 9.17) is 4.42 Å². The molecule has 0 spiro atoms. The van der Waals surface area contributed by atoms with Crippen molar-refractivity contribution in [2.75, 3.05) is 35.3 Å². The maximum atomic E-state index is 13.2. The SMILES string of the molecule is CC(=O)N1c2ccc(-c3cccc(N(C)C)c3)cc2N(C(=O)c2ccco2)CC1C. The second-order valence-electron chi connectivity index (χ2n) is 7.78. The third-order valence-electron chi connectivity index (χ3n) is 5.43. The largest absolute Gasteiger partial charge is 0.459 e. The molecular weight excluding hydrogens is 378 g/mol. The van der Waals surface area contributed by atoms with Gasteiger partial charge in [-0.2, -0.15) is 0 Å². The minimum absolute atomic E-state index is 0.0452. The Morgan fingerprint density at radius 3 is 2.43 bits per heavy atom. The van der Waals surface area contributed by atoms with Gasteiger partial charge in [-0.15, -0.1) is 0 Å². The van der Waals surface area contributed by atoms with Crippen LogP contribution in [0.5, 0.6) is 0 Å². The molecule has 0 N–H and O–H groups in total. The van der Waals surface area contributed by atoms with Crippen LogP contribution >= 0.6 is 0 Å². The molecule has 0 bridgehead atoms. The van der Waals surface area contributed by atoms with E-state index in [0.29, 0.717) is 12.2 Å². The molecule has 2 amide bonds. The number of furan rings is 1. The van der Waals surface area contributed by atoms with E-state index >= 15 is 0 Å². The van der Waals surface area contributed by atoms with Crippen molar-refractivity contribution in [3.8, 4) is 11.1 Å². The number of rotatable bonds is 3. The Hall–Kier alpha value is -3.54. The molecule has 6 nitrogen and oxygen atoms in total. The number of hydrogen-bond acceptors (Lipinski definition) is 4. The van der Waals surface area contributed by atoms with Crippen LogP contribution in [0.25, 0.3) is 11.1 Å². The van der Waals surface area contributed by atoms with Crippen molar-refractivity contribution in [2.24, 2.45) is 0 Å². The highest BCUT2D eigenvalue weighted by Gasteiger charge is 2.34. The van der Waals surface area contributed by atoms with Crippen molar-refractivity contribution >= 4 is 28.9 Å². The van der Waals surface area contributed by atoms with Crippen molar-refractivity contribution < 1.29 is 14.0 Å². The molecule has 6 heteroatoms. The molecule has 4 rings (SSSR count). The highest BCUT2D eigenvalue weighted by atomic mass is 16.3. The molecular formula is C24H25N3O3. The summed E-state index contributed by atoms with van der Waals surface area (Å²) in [5.74, 6) is 0.0242. The van der Waals surface area contributed by atoms with Crippen LogP contribution in [0.2, 0.25) is 0 Å². The van der Waals surface area contributed by atoms with Gasteiger partial charge in [-0.05, 0) is 54.4 Å². The second-order valence-corrected chi connectivity index (χ2v) is 7.78. The van der Waals surface area contributed by atoms with Gasteiger partial charge < -0.3 is 19.1 Å². The van der Waals surface area contributed by atoms with Crippen LogP contribution in [0, 0.1) is 0 Å². The molecule has 2 aromatic carbocycles. The second kappa shape index (κ2) is 7.71. The highest BCUT2D eigenvalue weighted by molar-refractivity contribution is 6.10. The number of hydrogen-bond donors (Lipinski definition) is 0. The monoisotopic (exact) mass is 403 g/mol. The highest BCUT2D eigenvalue weighted by Crippen LogP contribution is 2.40. The topological polar surface area (TPSA) is 57.0 Å². The summed E-state index contributed by atoms with van der Waals surface area (Å²) in [6.45, 7) is 3.90. The lowest BCUT2D eigenvalue weighted by molar-refractivity contribution is -0.117. The van der Waals surface area contributed by atoms with Gasteiger partial charge in [0.05, 0.1) is 23.7 Å². The van der Waals surface area contributed by atoms with Gasteiger partial charge in [-0.1, -0.05) is 18.2 Å².